The number of anilines is 2. The summed E-state index contributed by atoms with van der Waals surface area (Å²) < 4.78 is 26.4. The Bertz CT molecular complexity index is 641. The molecule has 0 saturated heterocycles. The third-order valence-corrected chi connectivity index (χ3v) is 2.63. The Hall–Kier alpha value is -2.43. The van der Waals surface area contributed by atoms with E-state index in [1.807, 2.05) is 0 Å². The highest BCUT2D eigenvalue weighted by molar-refractivity contribution is 6.06. The van der Waals surface area contributed by atoms with Crippen molar-refractivity contribution in [2.75, 3.05) is 11.1 Å². The van der Waals surface area contributed by atoms with Gasteiger partial charge in [0.1, 0.15) is 11.6 Å². The highest BCUT2D eigenvalue weighted by atomic mass is 19.1. The first kappa shape index (κ1) is 13.0. The fraction of sp³-hybridized carbons (Fsp3) is 0.0714. The van der Waals surface area contributed by atoms with Crippen LogP contribution in [0, 0.1) is 18.6 Å². The molecule has 0 atom stereocenters. The molecule has 0 spiro atoms. The topological polar surface area (TPSA) is 55.1 Å². The molecular weight excluding hydrogens is 250 g/mol. The molecule has 5 heteroatoms. The van der Waals surface area contributed by atoms with E-state index in [1.54, 1.807) is 13.0 Å². The molecule has 0 saturated carbocycles. The Kier molecular flexibility index (Phi) is 3.46. The zero-order valence-electron chi connectivity index (χ0n) is 10.2. The zero-order chi connectivity index (χ0) is 14.0. The van der Waals surface area contributed by atoms with E-state index >= 15 is 0 Å². The van der Waals surface area contributed by atoms with E-state index in [2.05, 4.69) is 5.32 Å². The van der Waals surface area contributed by atoms with Gasteiger partial charge in [-0.25, -0.2) is 8.78 Å². The van der Waals surface area contributed by atoms with Gasteiger partial charge in [0.2, 0.25) is 0 Å². The molecule has 3 nitrogen and oxygen atoms in total. The maximum absolute atomic E-state index is 13.5. The molecule has 0 aliphatic heterocycles. The molecule has 0 heterocycles. The predicted octanol–water partition coefficient (Wildman–Crippen LogP) is 3.11. The number of rotatable bonds is 2. The van der Waals surface area contributed by atoms with Crippen molar-refractivity contribution in [3.05, 3.63) is 59.2 Å². The molecule has 98 valence electrons. The number of amides is 1. The highest BCUT2D eigenvalue weighted by Crippen LogP contribution is 2.20. The lowest BCUT2D eigenvalue weighted by Gasteiger charge is -2.09. The number of benzene rings is 2. The number of nitrogen functional groups attached to an aromatic ring is 1. The summed E-state index contributed by atoms with van der Waals surface area (Å²) in [7, 11) is 0. The lowest BCUT2D eigenvalue weighted by Crippen LogP contribution is -2.15. The third kappa shape index (κ3) is 2.88. The van der Waals surface area contributed by atoms with Crippen LogP contribution in [0.15, 0.2) is 36.4 Å². The van der Waals surface area contributed by atoms with Crippen molar-refractivity contribution in [3.63, 3.8) is 0 Å². The molecule has 2 aromatic carbocycles. The molecule has 3 N–H and O–H groups in total. The van der Waals surface area contributed by atoms with E-state index in [0.717, 1.165) is 11.6 Å². The number of aryl methyl sites for hydroxylation is 1. The molecule has 0 aliphatic rings. The number of halogens is 2. The number of carbonyl (C=O) groups is 1. The van der Waals surface area contributed by atoms with Gasteiger partial charge in [0, 0.05) is 0 Å². The molecule has 0 aromatic heterocycles. The average molecular weight is 262 g/mol. The zero-order valence-corrected chi connectivity index (χ0v) is 10.2. The number of nitrogens with two attached hydrogens (primary N) is 1. The van der Waals surface area contributed by atoms with Crippen LogP contribution in [-0.2, 0) is 0 Å². The van der Waals surface area contributed by atoms with E-state index in [-0.39, 0.29) is 16.9 Å². The van der Waals surface area contributed by atoms with Crippen LogP contribution in [0.3, 0.4) is 0 Å². The van der Waals surface area contributed by atoms with E-state index in [1.165, 1.54) is 24.3 Å². The number of carbonyl (C=O) groups excluding carboxylic acids is 1. The van der Waals surface area contributed by atoms with E-state index < -0.39 is 17.5 Å². The summed E-state index contributed by atoms with van der Waals surface area (Å²) in [5, 5.41) is 2.45. The van der Waals surface area contributed by atoms with Gasteiger partial charge in [-0.2, -0.15) is 0 Å². The van der Waals surface area contributed by atoms with Gasteiger partial charge in [-0.1, -0.05) is 11.6 Å². The van der Waals surface area contributed by atoms with E-state index in [0.29, 0.717) is 0 Å². The first-order valence-corrected chi connectivity index (χ1v) is 5.60. The summed E-state index contributed by atoms with van der Waals surface area (Å²) in [6.07, 6.45) is 0. The van der Waals surface area contributed by atoms with E-state index in [4.69, 9.17) is 5.73 Å². The molecule has 0 fully saturated rings. The number of hydrogen-bond donors (Lipinski definition) is 2. The molecule has 2 aromatic rings. The highest BCUT2D eigenvalue weighted by Gasteiger charge is 2.13. The van der Waals surface area contributed by atoms with Crippen LogP contribution in [0.2, 0.25) is 0 Å². The van der Waals surface area contributed by atoms with Gasteiger partial charge in [0.15, 0.2) is 0 Å². The smallest absolute Gasteiger partial charge is 0.258 e. The van der Waals surface area contributed by atoms with Crippen LogP contribution in [0.25, 0.3) is 0 Å². The minimum Gasteiger partial charge on any atom is -0.397 e. The van der Waals surface area contributed by atoms with Gasteiger partial charge in [-0.3, -0.25) is 4.79 Å². The molecule has 0 aliphatic carbocycles. The van der Waals surface area contributed by atoms with Crippen molar-refractivity contribution < 1.29 is 13.6 Å². The second-order valence-electron chi connectivity index (χ2n) is 4.17. The summed E-state index contributed by atoms with van der Waals surface area (Å²) >= 11 is 0. The Morgan fingerprint density at radius 2 is 1.89 bits per heavy atom. The summed E-state index contributed by atoms with van der Waals surface area (Å²) in [5.74, 6) is -1.75. The Morgan fingerprint density at radius 3 is 2.58 bits per heavy atom. The third-order valence-electron chi connectivity index (χ3n) is 2.63. The largest absolute Gasteiger partial charge is 0.397 e. The number of hydrogen-bond acceptors (Lipinski definition) is 2. The molecule has 0 unspecified atom stereocenters. The van der Waals surface area contributed by atoms with Gasteiger partial charge in [-0.15, -0.1) is 0 Å². The fourth-order valence-electron chi connectivity index (χ4n) is 1.65. The number of nitrogens with one attached hydrogen (secondary N) is 1. The monoisotopic (exact) mass is 262 g/mol. The van der Waals surface area contributed by atoms with Crippen LogP contribution < -0.4 is 11.1 Å². The second kappa shape index (κ2) is 5.06. The van der Waals surface area contributed by atoms with Crippen molar-refractivity contribution in [1.82, 2.24) is 0 Å². The maximum atomic E-state index is 13.5. The van der Waals surface area contributed by atoms with Crippen LogP contribution in [0.1, 0.15) is 15.9 Å². The van der Waals surface area contributed by atoms with Gasteiger partial charge in [0.05, 0.1) is 16.9 Å². The lowest BCUT2D eigenvalue weighted by atomic mass is 10.1. The molecule has 2 rings (SSSR count). The summed E-state index contributed by atoms with van der Waals surface area (Å²) in [4.78, 5) is 11.9. The normalized spacial score (nSPS) is 10.3. The van der Waals surface area contributed by atoms with Crippen LogP contribution in [0.5, 0.6) is 0 Å². The van der Waals surface area contributed by atoms with Crippen molar-refractivity contribution in [2.24, 2.45) is 0 Å². The van der Waals surface area contributed by atoms with Crippen LogP contribution >= 0.6 is 0 Å². The molecular formula is C14H12F2N2O. The Balaban J connectivity index is 2.28. The van der Waals surface area contributed by atoms with Gasteiger partial charge in [-0.05, 0) is 37.3 Å². The quantitative estimate of drug-likeness (QED) is 0.817. The minimum atomic E-state index is -0.625. The first-order valence-electron chi connectivity index (χ1n) is 5.60. The summed E-state index contributed by atoms with van der Waals surface area (Å²) in [6, 6.07) is 7.80. The predicted molar refractivity (Wildman–Crippen MR) is 69.9 cm³/mol. The van der Waals surface area contributed by atoms with Crippen molar-refractivity contribution in [1.29, 1.82) is 0 Å². The molecule has 0 bridgehead atoms. The van der Waals surface area contributed by atoms with Gasteiger partial charge >= 0.3 is 0 Å². The van der Waals surface area contributed by atoms with Gasteiger partial charge < -0.3 is 11.1 Å². The SMILES string of the molecule is Cc1ccc(F)c(C(=O)Nc2ccc(F)cc2N)c1. The lowest BCUT2D eigenvalue weighted by molar-refractivity contribution is 0.102. The van der Waals surface area contributed by atoms with Crippen molar-refractivity contribution >= 4 is 17.3 Å². The average Bonchev–Trinajstić information content (AvgIpc) is 2.35. The minimum absolute atomic E-state index is 0.0799. The second-order valence-corrected chi connectivity index (χ2v) is 4.17. The molecule has 0 radical (unpaired) electrons. The first-order chi connectivity index (χ1) is 8.97. The van der Waals surface area contributed by atoms with Crippen molar-refractivity contribution in [2.45, 2.75) is 6.92 Å². The van der Waals surface area contributed by atoms with Crippen LogP contribution in [-0.4, -0.2) is 5.91 Å². The Labute approximate surface area is 109 Å². The molecule has 1 amide bonds. The standard InChI is InChI=1S/C14H12F2N2O/c1-8-2-4-11(16)10(6-8)14(19)18-13-5-3-9(15)7-12(13)17/h2-7H,17H2,1H3,(H,18,19). The maximum Gasteiger partial charge on any atom is 0.258 e. The fourth-order valence-corrected chi connectivity index (χ4v) is 1.65. The summed E-state index contributed by atoms with van der Waals surface area (Å²) in [5.41, 5.74) is 6.58. The van der Waals surface area contributed by atoms with Crippen molar-refractivity contribution in [3.8, 4) is 0 Å². The molecule has 19 heavy (non-hydrogen) atoms. The van der Waals surface area contributed by atoms with Gasteiger partial charge in [0.25, 0.3) is 5.91 Å². The van der Waals surface area contributed by atoms with Crippen LogP contribution in [0.4, 0.5) is 20.2 Å². The summed E-state index contributed by atoms with van der Waals surface area (Å²) in [6.45, 7) is 1.75. The van der Waals surface area contributed by atoms with E-state index in [9.17, 15) is 13.6 Å². The Morgan fingerprint density at radius 1 is 1.16 bits per heavy atom.